The summed E-state index contributed by atoms with van der Waals surface area (Å²) in [4.78, 5) is 73.5. The molecule has 8 aromatic carbocycles. The van der Waals surface area contributed by atoms with Gasteiger partial charge in [0.05, 0.1) is 58.0 Å². The third-order valence-corrected chi connectivity index (χ3v) is 23.0. The van der Waals surface area contributed by atoms with E-state index in [0.29, 0.717) is 44.5 Å². The molecule has 3 saturated heterocycles. The maximum Gasteiger partial charge on any atom is 0.412 e. The summed E-state index contributed by atoms with van der Waals surface area (Å²) in [6.07, 6.45) is 5.86. The van der Waals surface area contributed by atoms with Gasteiger partial charge in [0.25, 0.3) is 12.9 Å². The van der Waals surface area contributed by atoms with Crippen molar-refractivity contribution in [1.82, 2.24) is 14.7 Å². The van der Waals surface area contributed by atoms with Gasteiger partial charge in [0.1, 0.15) is 32.5 Å². The first-order chi connectivity index (χ1) is 57.0. The van der Waals surface area contributed by atoms with Crippen LogP contribution in [0.3, 0.4) is 0 Å². The Morgan fingerprint density at radius 3 is 1.05 bits per heavy atom. The number of fused-ring (bicyclic) bond motifs is 12. The number of ether oxygens (including phenoxy) is 6. The number of carbonyl (C=O) groups is 6. The van der Waals surface area contributed by atoms with Gasteiger partial charge < -0.3 is 63.8 Å². The van der Waals surface area contributed by atoms with Gasteiger partial charge in [0.15, 0.2) is 6.23 Å². The number of likely N-dealkylation sites (tertiary alicyclic amines) is 3. The van der Waals surface area contributed by atoms with Crippen molar-refractivity contribution in [3.63, 3.8) is 0 Å². The predicted octanol–water partition coefficient (Wildman–Crippen LogP) is 16.4. The maximum atomic E-state index is 12.6. The predicted molar refractivity (Wildman–Crippen MR) is 446 cm³/mol. The minimum Gasteiger partial charge on any atom is -0.465 e. The maximum absolute atomic E-state index is 12.6. The number of aliphatic hydroxyl groups excluding tert-OH is 5. The van der Waals surface area contributed by atoms with Crippen molar-refractivity contribution in [2.75, 3.05) is 52.7 Å². The molecule has 8 aromatic rings. The summed E-state index contributed by atoms with van der Waals surface area (Å²) in [6.45, 7) is 12.5. The molecule has 21 heteroatoms. The molecular formula is C94H114BN3O17. The van der Waals surface area contributed by atoms with Crippen molar-refractivity contribution in [3.05, 3.63) is 239 Å². The number of hydrogen-bond donors (Lipinski definition) is 5. The fraction of sp³-hybridized carbons (Fsp3) is 0.426. The van der Waals surface area contributed by atoms with Crippen molar-refractivity contribution in [3.8, 4) is 44.5 Å². The molecule has 20 nitrogen and oxygen atoms in total. The van der Waals surface area contributed by atoms with Gasteiger partial charge in [-0.3, -0.25) is 19.3 Å². The fourth-order valence-corrected chi connectivity index (χ4v) is 17.4. The summed E-state index contributed by atoms with van der Waals surface area (Å²) in [5, 5.41) is 46.8. The lowest BCUT2D eigenvalue weighted by molar-refractivity contribution is -0.141. The van der Waals surface area contributed by atoms with E-state index in [4.69, 9.17) is 36.6 Å². The van der Waals surface area contributed by atoms with E-state index in [9.17, 15) is 44.1 Å². The van der Waals surface area contributed by atoms with Gasteiger partial charge in [-0.05, 0) is 152 Å². The second-order valence-corrected chi connectivity index (χ2v) is 30.2. The van der Waals surface area contributed by atoms with Gasteiger partial charge in [0.2, 0.25) is 0 Å². The first-order valence-electron chi connectivity index (χ1n) is 41.7. The average molecular weight is 1570 g/mol. The SMILES string of the molecule is CC(=O)OCC1c2ccccc2-c2ccccc21.CC[C@@H]1C[C@@H](C)CN1C(=O)OCC1c2ccccc2-c2ccccc21.CC[C@H]1CC[C@H](O)C1.O=C(OCC1c2ccccc2-c2ccccc21)N1C[C@H](O)C[C@H]1CO.O=CO[C@@H]1C[C@@H](O)CN1C(=O)OCC1c2ccccc2-c2ccccc21.O=CO[C@H]1CC[C@H](O)C1.[2H]C.[3H]C.[B]C. The number of β-amino-alcohol motifs (C(OH)–C–C–N with tert-alkyl or cyclic N) is 2. The van der Waals surface area contributed by atoms with E-state index in [1.807, 2.05) is 89.8 Å². The van der Waals surface area contributed by atoms with E-state index in [2.05, 4.69) is 143 Å². The van der Waals surface area contributed by atoms with Gasteiger partial charge in [0, 0.05) is 58.8 Å². The topological polar surface area (TPSA) is 269 Å². The van der Waals surface area contributed by atoms with Crippen LogP contribution >= 0.6 is 0 Å². The van der Waals surface area contributed by atoms with Crippen molar-refractivity contribution >= 4 is 45.0 Å². The smallest absolute Gasteiger partial charge is 0.412 e. The third kappa shape index (κ3) is 21.5. The highest BCUT2D eigenvalue weighted by atomic mass is 16.6. The number of aliphatic hydroxyl groups is 5. The molecule has 3 heterocycles. The molecule has 3 amide bonds. The highest BCUT2D eigenvalue weighted by Gasteiger charge is 2.41. The van der Waals surface area contributed by atoms with E-state index in [1.165, 1.54) is 107 Å². The largest absolute Gasteiger partial charge is 0.465 e. The summed E-state index contributed by atoms with van der Waals surface area (Å²) in [5.74, 6) is 1.44. The van der Waals surface area contributed by atoms with Crippen LogP contribution in [0.15, 0.2) is 194 Å². The number of nitrogens with zero attached hydrogens (tertiary/aromatic N) is 3. The lowest BCUT2D eigenvalue weighted by Gasteiger charge is -2.24. The quantitative estimate of drug-likeness (QED) is 0.0276. The molecule has 3 aliphatic heterocycles. The lowest BCUT2D eigenvalue weighted by atomic mass is 9.98. The van der Waals surface area contributed by atoms with Gasteiger partial charge in [-0.15, -0.1) is 0 Å². The van der Waals surface area contributed by atoms with Crippen molar-refractivity contribution in [1.29, 1.82) is 0 Å². The molecule has 17 rings (SSSR count). The van der Waals surface area contributed by atoms with Crippen LogP contribution in [0.4, 0.5) is 14.4 Å². The zero-order chi connectivity index (χ0) is 84.1. The Balaban J connectivity index is 0.000000164. The van der Waals surface area contributed by atoms with Crippen LogP contribution in [-0.2, 0) is 42.8 Å². The molecule has 9 aliphatic rings. The second kappa shape index (κ2) is 43.0. The number of amides is 3. The number of carbonyl (C=O) groups excluding carboxylic acids is 6. The van der Waals surface area contributed by atoms with Crippen LogP contribution in [0, 0.1) is 11.8 Å². The zero-order valence-corrected chi connectivity index (χ0v) is 67.2. The van der Waals surface area contributed by atoms with Gasteiger partial charge in [-0.1, -0.05) is 243 Å². The summed E-state index contributed by atoms with van der Waals surface area (Å²) in [7, 11) is 7.00. The van der Waals surface area contributed by atoms with E-state index in [0.717, 1.165) is 84.4 Å². The number of benzene rings is 8. The normalized spacial score (nSPS) is 21.9. The number of esters is 1. The van der Waals surface area contributed by atoms with E-state index >= 15 is 0 Å². The minimum absolute atomic E-state index is 0.0106. The summed E-state index contributed by atoms with van der Waals surface area (Å²) in [5.41, 5.74) is 19.3. The number of hydrogen-bond acceptors (Lipinski definition) is 17. The molecule has 5 N–H and O–H groups in total. The Morgan fingerprint density at radius 2 is 0.748 bits per heavy atom. The van der Waals surface area contributed by atoms with Crippen molar-refractivity contribution in [2.45, 2.75) is 192 Å². The van der Waals surface area contributed by atoms with Gasteiger partial charge in [-0.25, -0.2) is 14.4 Å². The molecule has 6 aliphatic carbocycles. The highest BCUT2D eigenvalue weighted by Crippen LogP contribution is 2.49. The van der Waals surface area contributed by atoms with Crippen LogP contribution in [0.1, 0.15) is 184 Å². The average Bonchev–Trinajstić information content (AvgIpc) is 1.63. The van der Waals surface area contributed by atoms with E-state index in [-0.39, 0.29) is 106 Å². The molecule has 0 unspecified atom stereocenters. The van der Waals surface area contributed by atoms with Gasteiger partial charge >= 0.3 is 24.2 Å². The fourth-order valence-electron chi connectivity index (χ4n) is 17.4. The third-order valence-electron chi connectivity index (χ3n) is 23.0. The monoisotopic (exact) mass is 1570 g/mol. The Bertz CT molecular complexity index is 4200. The molecule has 0 spiro atoms. The molecule has 10 atom stereocenters. The van der Waals surface area contributed by atoms with Crippen LogP contribution in [0.5, 0.6) is 0 Å². The van der Waals surface area contributed by atoms with Crippen molar-refractivity contribution in [2.24, 2.45) is 11.8 Å². The second-order valence-electron chi connectivity index (χ2n) is 30.2. The molecule has 5 fully saturated rings. The molecule has 0 aromatic heterocycles. The molecule has 0 bridgehead atoms. The molecule has 115 heavy (non-hydrogen) atoms. The van der Waals surface area contributed by atoms with Gasteiger partial charge in [-0.2, -0.15) is 0 Å². The molecule has 2 radical (unpaired) electrons. The summed E-state index contributed by atoms with van der Waals surface area (Å²) < 4.78 is 43.1. The molecular weight excluding hydrogens is 1450 g/mol. The lowest BCUT2D eigenvalue weighted by Crippen LogP contribution is -2.38. The highest BCUT2D eigenvalue weighted by molar-refractivity contribution is 6.05. The standard InChI is InChI=1S/C22H25NO2.C20H19NO5.C20H21NO4.C16H14O2.C7H14O.C6H10O3.CH3B.2CH4/c1-3-16-12-15(2)13-23(16)22(24)25-14-21-19-10-6-4-8-17(19)18-9-5-7-11-20(18)21;22-12-26-19-9-13(23)10-21(19)20(24)25-11-18-16-7-3-1-5-14(16)15-6-2-4-8-17(15)18;22-11-13-9-14(23)10-21(13)20(24)25-12-19-17-7-3-1-5-15(17)16-6-2-4-8-18(16)19;1-11(17)18-10-16-14-8-4-2-6-12(14)13-7-3-5-9-15(13)16;1-2-6-3-4-7(8)5-6;7-4-9-6-2-1-5(8)3-6;1-2;;/h4-11,15-16,21H,3,12-14H2,1-2H3;1-8,12-13,18-19,23H,9-11H2;1-8,13-14,19,22-23H,9-12H2;2-9,16H,10H2,1H3;6-8H,2-5H2,1H3;4-6,8H,1-3H2;1H3;2*1H4/t15-,16-;13-,19-;13-,14+;;6-,7-;5-,6-;;;/m110.00.../s1/i;;;;;;;1T;1D. The van der Waals surface area contributed by atoms with Crippen LogP contribution < -0.4 is 0 Å². The first-order valence-corrected chi connectivity index (χ1v) is 39.7. The molecule has 610 valence electrons. The van der Waals surface area contributed by atoms with E-state index < -0.39 is 30.6 Å². The Hall–Kier alpha value is -10.2. The minimum atomic E-state index is -0.779. The summed E-state index contributed by atoms with van der Waals surface area (Å²) >= 11 is 0. The Kier molecular flexibility index (Phi) is 32.0. The molecule has 2 saturated carbocycles. The zero-order valence-electron chi connectivity index (χ0n) is 69.2. The Morgan fingerprint density at radius 1 is 0.426 bits per heavy atom. The first kappa shape index (κ1) is 85.7. The van der Waals surface area contributed by atoms with Crippen LogP contribution in [0.25, 0.3) is 44.5 Å². The van der Waals surface area contributed by atoms with Crippen LogP contribution in [0.2, 0.25) is 6.82 Å². The van der Waals surface area contributed by atoms with E-state index in [1.54, 1.807) is 0 Å². The number of rotatable bonds is 15. The van der Waals surface area contributed by atoms with Crippen LogP contribution in [-0.4, -0.2) is 187 Å². The van der Waals surface area contributed by atoms with Crippen molar-refractivity contribution < 1.29 is 85.5 Å². The Labute approximate surface area is 681 Å². The summed E-state index contributed by atoms with van der Waals surface area (Å²) in [6, 6.07) is 66.0.